The second-order valence-electron chi connectivity index (χ2n) is 12.1. The molecular weight excluding hydrogens is 534 g/mol. The molecular formula is C33H45N3O6. The van der Waals surface area contributed by atoms with E-state index in [1.165, 1.54) is 0 Å². The Kier molecular flexibility index (Phi) is 8.81. The van der Waals surface area contributed by atoms with Gasteiger partial charge in [-0.25, -0.2) is 0 Å². The molecule has 9 heteroatoms. The lowest BCUT2D eigenvalue weighted by molar-refractivity contribution is -0.152. The second-order valence-corrected chi connectivity index (χ2v) is 12.1. The number of aliphatic hydroxyl groups is 1. The van der Waals surface area contributed by atoms with Crippen LogP contribution in [0.3, 0.4) is 0 Å². The Balaban J connectivity index is 1.55. The van der Waals surface area contributed by atoms with E-state index in [1.807, 2.05) is 67.3 Å². The van der Waals surface area contributed by atoms with Gasteiger partial charge in [-0.2, -0.15) is 0 Å². The minimum absolute atomic E-state index is 0.00633. The van der Waals surface area contributed by atoms with Crippen LogP contribution in [0, 0.1) is 11.8 Å². The molecule has 5 rings (SSSR count). The van der Waals surface area contributed by atoms with Gasteiger partial charge >= 0.3 is 0 Å². The molecule has 42 heavy (non-hydrogen) atoms. The van der Waals surface area contributed by atoms with Crippen molar-refractivity contribution in [3.05, 3.63) is 48.6 Å². The maximum Gasteiger partial charge on any atom is 0.249 e. The average Bonchev–Trinajstić information content (AvgIpc) is 3.22. The first kappa shape index (κ1) is 30.3. The summed E-state index contributed by atoms with van der Waals surface area (Å²) < 4.78 is 12.5. The van der Waals surface area contributed by atoms with E-state index in [1.54, 1.807) is 9.80 Å². The molecule has 2 unspecified atom stereocenters. The number of carbonyl (C=O) groups is 3. The van der Waals surface area contributed by atoms with Crippen molar-refractivity contribution >= 4 is 23.4 Å². The third-order valence-electron chi connectivity index (χ3n) is 9.34. The first-order valence-corrected chi connectivity index (χ1v) is 15.5. The number of amides is 3. The van der Waals surface area contributed by atoms with Gasteiger partial charge in [0.15, 0.2) is 0 Å². The number of rotatable bonds is 11. The van der Waals surface area contributed by atoms with Crippen LogP contribution in [0.1, 0.15) is 59.8 Å². The average molecular weight is 580 g/mol. The van der Waals surface area contributed by atoms with Gasteiger partial charge in [-0.3, -0.25) is 14.4 Å². The SMILES string of the molecule is CCCC(C)N1CC=C[C@]23O[C@@]4(C)C=CCN(c5ccc(OCC)cc5)C(=O)[C@H]4[C@H]2C(=O)N(CCCCCO)C3C1=O. The Hall–Kier alpha value is -3.17. The summed E-state index contributed by atoms with van der Waals surface area (Å²) in [5.74, 6) is -1.45. The summed E-state index contributed by atoms with van der Waals surface area (Å²) in [6, 6.07) is 6.56. The van der Waals surface area contributed by atoms with Gasteiger partial charge in [-0.15, -0.1) is 0 Å². The highest BCUT2D eigenvalue weighted by Gasteiger charge is 2.74. The second kappa shape index (κ2) is 12.2. The largest absolute Gasteiger partial charge is 0.494 e. The summed E-state index contributed by atoms with van der Waals surface area (Å²) in [7, 11) is 0. The Labute approximate surface area is 249 Å². The lowest BCUT2D eigenvalue weighted by Crippen LogP contribution is -2.57. The normalized spacial score (nSPS) is 31.1. The molecule has 9 nitrogen and oxygen atoms in total. The predicted molar refractivity (Wildman–Crippen MR) is 160 cm³/mol. The molecule has 2 saturated heterocycles. The van der Waals surface area contributed by atoms with Crippen LogP contribution in [0.25, 0.3) is 0 Å². The molecule has 0 aromatic heterocycles. The number of aliphatic hydroxyl groups excluding tert-OH is 1. The van der Waals surface area contributed by atoms with Gasteiger partial charge in [-0.05, 0) is 70.7 Å². The van der Waals surface area contributed by atoms with Gasteiger partial charge < -0.3 is 29.3 Å². The molecule has 0 bridgehead atoms. The summed E-state index contributed by atoms with van der Waals surface area (Å²) in [5.41, 5.74) is -1.60. The number of hydrogen-bond acceptors (Lipinski definition) is 6. The zero-order valence-corrected chi connectivity index (χ0v) is 25.3. The van der Waals surface area contributed by atoms with E-state index >= 15 is 0 Å². The van der Waals surface area contributed by atoms with Crippen LogP contribution in [0.15, 0.2) is 48.6 Å². The van der Waals surface area contributed by atoms with Crippen LogP contribution < -0.4 is 9.64 Å². The molecule has 0 aliphatic carbocycles. The molecule has 6 atom stereocenters. The molecule has 0 radical (unpaired) electrons. The molecule has 1 aromatic rings. The minimum Gasteiger partial charge on any atom is -0.494 e. The highest BCUT2D eigenvalue weighted by atomic mass is 16.5. The number of carbonyl (C=O) groups excluding carboxylic acids is 3. The Morgan fingerprint density at radius 3 is 2.40 bits per heavy atom. The van der Waals surface area contributed by atoms with Crippen molar-refractivity contribution in [2.75, 3.05) is 37.7 Å². The standard InChI is InChI=1S/C33H45N3O6/c1-5-12-23(3)34-20-11-18-33-27(30(39)36(28(33)31(34)40)19-8-7-9-22-37)26-29(38)35(21-10-17-32(26,4)42-33)24-13-15-25(16-14-24)41-6-2/h10-11,13-18,23,26-28,37H,5-9,12,19-22H2,1-4H3/t23?,26-,27+,28?,32+,33+/m1/s1. The van der Waals surface area contributed by atoms with Crippen molar-refractivity contribution in [3.8, 4) is 5.75 Å². The van der Waals surface area contributed by atoms with Crippen molar-refractivity contribution < 1.29 is 29.0 Å². The lowest BCUT2D eigenvalue weighted by Gasteiger charge is -2.38. The third kappa shape index (κ3) is 5.04. The van der Waals surface area contributed by atoms with Crippen LogP contribution in [0.4, 0.5) is 5.69 Å². The van der Waals surface area contributed by atoms with Gasteiger partial charge in [0.1, 0.15) is 17.4 Å². The molecule has 4 aliphatic rings. The fraction of sp³-hybridized carbons (Fsp3) is 0.606. The van der Waals surface area contributed by atoms with Crippen LogP contribution in [-0.2, 0) is 19.1 Å². The highest BCUT2D eigenvalue weighted by Crippen LogP contribution is 2.57. The fourth-order valence-electron chi connectivity index (χ4n) is 7.44. The molecule has 2 fully saturated rings. The number of likely N-dealkylation sites (tertiary alicyclic amines) is 1. The molecule has 4 heterocycles. The first-order valence-electron chi connectivity index (χ1n) is 15.5. The van der Waals surface area contributed by atoms with Gasteiger partial charge in [0, 0.05) is 38.0 Å². The number of benzene rings is 1. The molecule has 228 valence electrons. The van der Waals surface area contributed by atoms with Crippen LogP contribution in [-0.4, -0.2) is 88.8 Å². The topological polar surface area (TPSA) is 99.6 Å². The van der Waals surface area contributed by atoms with Crippen molar-refractivity contribution in [1.82, 2.24) is 9.80 Å². The number of ether oxygens (including phenoxy) is 2. The fourth-order valence-corrected chi connectivity index (χ4v) is 7.44. The van der Waals surface area contributed by atoms with E-state index < -0.39 is 29.1 Å². The van der Waals surface area contributed by atoms with Crippen molar-refractivity contribution in [2.24, 2.45) is 11.8 Å². The van der Waals surface area contributed by atoms with E-state index in [4.69, 9.17) is 9.47 Å². The highest BCUT2D eigenvalue weighted by molar-refractivity contribution is 6.04. The maximum atomic E-state index is 14.5. The van der Waals surface area contributed by atoms with Crippen molar-refractivity contribution in [1.29, 1.82) is 0 Å². The number of anilines is 1. The molecule has 1 N–H and O–H groups in total. The first-order chi connectivity index (χ1) is 20.2. The quantitative estimate of drug-likeness (QED) is 0.317. The maximum absolute atomic E-state index is 14.5. The zero-order chi connectivity index (χ0) is 30.1. The molecule has 1 aromatic carbocycles. The molecule has 1 spiro atoms. The number of fused-ring (bicyclic) bond motifs is 2. The third-order valence-corrected chi connectivity index (χ3v) is 9.34. The summed E-state index contributed by atoms with van der Waals surface area (Å²) in [6.07, 6.45) is 11.5. The number of nitrogens with zero attached hydrogens (tertiary/aromatic N) is 3. The Bertz CT molecular complexity index is 1230. The van der Waals surface area contributed by atoms with Crippen molar-refractivity contribution in [3.63, 3.8) is 0 Å². The summed E-state index contributed by atoms with van der Waals surface area (Å²) >= 11 is 0. The number of hydrogen-bond donors (Lipinski definition) is 1. The minimum atomic E-state index is -1.26. The van der Waals surface area contributed by atoms with Crippen molar-refractivity contribution in [2.45, 2.75) is 83.1 Å². The summed E-state index contributed by atoms with van der Waals surface area (Å²) in [5, 5.41) is 9.30. The zero-order valence-electron chi connectivity index (χ0n) is 25.3. The van der Waals surface area contributed by atoms with Crippen LogP contribution in [0.2, 0.25) is 0 Å². The number of unbranched alkanes of at least 4 members (excludes halogenated alkanes) is 2. The lowest BCUT2D eigenvalue weighted by atomic mass is 9.74. The van der Waals surface area contributed by atoms with E-state index in [0.29, 0.717) is 44.8 Å². The van der Waals surface area contributed by atoms with E-state index in [2.05, 4.69) is 13.8 Å². The summed E-state index contributed by atoms with van der Waals surface area (Å²) in [6.45, 7) is 9.73. The summed E-state index contributed by atoms with van der Waals surface area (Å²) in [4.78, 5) is 48.6. The van der Waals surface area contributed by atoms with E-state index in [0.717, 1.165) is 25.0 Å². The Morgan fingerprint density at radius 1 is 0.976 bits per heavy atom. The molecule has 3 amide bonds. The van der Waals surface area contributed by atoms with E-state index in [-0.39, 0.29) is 30.4 Å². The smallest absolute Gasteiger partial charge is 0.249 e. The van der Waals surface area contributed by atoms with Gasteiger partial charge in [0.2, 0.25) is 17.7 Å². The van der Waals surface area contributed by atoms with E-state index in [9.17, 15) is 19.5 Å². The van der Waals surface area contributed by atoms with Crippen LogP contribution >= 0.6 is 0 Å². The molecule has 0 saturated carbocycles. The van der Waals surface area contributed by atoms with Crippen LogP contribution in [0.5, 0.6) is 5.75 Å². The van der Waals surface area contributed by atoms with Gasteiger partial charge in [-0.1, -0.05) is 37.6 Å². The van der Waals surface area contributed by atoms with Gasteiger partial charge in [0.05, 0.1) is 24.0 Å². The Morgan fingerprint density at radius 2 is 1.71 bits per heavy atom. The van der Waals surface area contributed by atoms with Gasteiger partial charge in [0.25, 0.3) is 0 Å². The monoisotopic (exact) mass is 579 g/mol. The molecule has 4 aliphatic heterocycles. The predicted octanol–water partition coefficient (Wildman–Crippen LogP) is 3.71.